The Bertz CT molecular complexity index is 635. The van der Waals surface area contributed by atoms with Crippen LogP contribution in [-0.2, 0) is 0 Å². The van der Waals surface area contributed by atoms with Gasteiger partial charge in [-0.2, -0.15) is 5.26 Å². The lowest BCUT2D eigenvalue weighted by atomic mass is 10.2. The predicted molar refractivity (Wildman–Crippen MR) is 69.6 cm³/mol. The van der Waals surface area contributed by atoms with Crippen molar-refractivity contribution in [3.63, 3.8) is 0 Å². The normalized spacial score (nSPS) is 9.83. The molecule has 2 aromatic rings. The first-order valence-corrected chi connectivity index (χ1v) is 5.58. The third-order valence-electron chi connectivity index (χ3n) is 2.28. The Kier molecular flexibility index (Phi) is 3.35. The van der Waals surface area contributed by atoms with Crippen LogP contribution in [0.3, 0.4) is 0 Å². The van der Waals surface area contributed by atoms with Crippen LogP contribution in [0.25, 0.3) is 0 Å². The Morgan fingerprint density at radius 1 is 1.33 bits per heavy atom. The summed E-state index contributed by atoms with van der Waals surface area (Å²) >= 11 is 5.99. The van der Waals surface area contributed by atoms with Gasteiger partial charge in [0.1, 0.15) is 17.4 Å². The van der Waals surface area contributed by atoms with Crippen molar-refractivity contribution >= 4 is 17.3 Å². The SMILES string of the molecule is Cc1ccc(C#N)c(Oc2cc(N)ccc2Cl)n1. The molecule has 0 radical (unpaired) electrons. The maximum absolute atomic E-state index is 8.98. The molecule has 0 amide bonds. The van der Waals surface area contributed by atoms with Crippen molar-refractivity contribution in [2.75, 3.05) is 5.73 Å². The topological polar surface area (TPSA) is 71.9 Å². The number of anilines is 1. The van der Waals surface area contributed by atoms with E-state index in [0.717, 1.165) is 5.69 Å². The third kappa shape index (κ3) is 2.53. The Morgan fingerprint density at radius 2 is 2.11 bits per heavy atom. The van der Waals surface area contributed by atoms with E-state index in [1.54, 1.807) is 30.3 Å². The average Bonchev–Trinajstić information content (AvgIpc) is 2.34. The van der Waals surface area contributed by atoms with E-state index >= 15 is 0 Å². The molecule has 0 spiro atoms. The molecule has 0 saturated carbocycles. The van der Waals surface area contributed by atoms with Crippen LogP contribution in [0.5, 0.6) is 11.6 Å². The van der Waals surface area contributed by atoms with Gasteiger partial charge in [-0.1, -0.05) is 11.6 Å². The van der Waals surface area contributed by atoms with Gasteiger partial charge in [-0.25, -0.2) is 4.98 Å². The molecule has 0 aliphatic rings. The Labute approximate surface area is 110 Å². The van der Waals surface area contributed by atoms with Gasteiger partial charge in [-0.15, -0.1) is 0 Å². The van der Waals surface area contributed by atoms with E-state index in [2.05, 4.69) is 4.98 Å². The smallest absolute Gasteiger partial charge is 0.237 e. The summed E-state index contributed by atoms with van der Waals surface area (Å²) in [6, 6.07) is 10.3. The molecule has 0 atom stereocenters. The largest absolute Gasteiger partial charge is 0.436 e. The Balaban J connectivity index is 2.43. The summed E-state index contributed by atoms with van der Waals surface area (Å²) < 4.78 is 5.55. The number of aryl methyl sites for hydroxylation is 1. The van der Waals surface area contributed by atoms with Gasteiger partial charge in [0.05, 0.1) is 5.02 Å². The number of nitriles is 1. The van der Waals surface area contributed by atoms with Gasteiger partial charge in [0.25, 0.3) is 0 Å². The summed E-state index contributed by atoms with van der Waals surface area (Å²) in [6.07, 6.45) is 0. The quantitative estimate of drug-likeness (QED) is 0.840. The number of halogens is 1. The van der Waals surface area contributed by atoms with E-state index in [1.807, 2.05) is 13.0 Å². The van der Waals surface area contributed by atoms with Crippen LogP contribution in [0.15, 0.2) is 30.3 Å². The molecule has 4 nitrogen and oxygen atoms in total. The van der Waals surface area contributed by atoms with Gasteiger partial charge in [0.15, 0.2) is 0 Å². The molecular formula is C13H10ClN3O. The Morgan fingerprint density at radius 3 is 2.83 bits per heavy atom. The van der Waals surface area contributed by atoms with Crippen molar-refractivity contribution in [1.82, 2.24) is 4.98 Å². The molecule has 1 aromatic heterocycles. The van der Waals surface area contributed by atoms with Crippen LogP contribution >= 0.6 is 11.6 Å². The molecule has 0 bridgehead atoms. The number of nitrogens with two attached hydrogens (primary N) is 1. The van der Waals surface area contributed by atoms with Crippen molar-refractivity contribution in [3.8, 4) is 17.7 Å². The monoisotopic (exact) mass is 259 g/mol. The molecule has 0 saturated heterocycles. The first-order valence-electron chi connectivity index (χ1n) is 5.21. The minimum Gasteiger partial charge on any atom is -0.436 e. The highest BCUT2D eigenvalue weighted by atomic mass is 35.5. The fourth-order valence-electron chi connectivity index (χ4n) is 1.40. The number of hydrogen-bond donors (Lipinski definition) is 1. The maximum Gasteiger partial charge on any atom is 0.237 e. The maximum atomic E-state index is 8.98. The molecule has 0 aliphatic carbocycles. The Hall–Kier alpha value is -2.25. The lowest BCUT2D eigenvalue weighted by Crippen LogP contribution is -1.95. The summed E-state index contributed by atoms with van der Waals surface area (Å²) in [4.78, 5) is 4.17. The highest BCUT2D eigenvalue weighted by Gasteiger charge is 2.09. The summed E-state index contributed by atoms with van der Waals surface area (Å²) in [5.41, 5.74) is 7.29. The van der Waals surface area contributed by atoms with E-state index in [9.17, 15) is 0 Å². The number of aromatic nitrogens is 1. The molecule has 5 heteroatoms. The van der Waals surface area contributed by atoms with Gasteiger partial charge < -0.3 is 10.5 Å². The fourth-order valence-corrected chi connectivity index (χ4v) is 1.55. The molecule has 2 rings (SSSR count). The van der Waals surface area contributed by atoms with Gasteiger partial charge in [0, 0.05) is 17.4 Å². The molecule has 18 heavy (non-hydrogen) atoms. The minimum atomic E-state index is 0.227. The van der Waals surface area contributed by atoms with Crippen molar-refractivity contribution in [3.05, 3.63) is 46.6 Å². The van der Waals surface area contributed by atoms with E-state index in [4.69, 9.17) is 27.3 Å². The number of ether oxygens (including phenoxy) is 1. The van der Waals surface area contributed by atoms with Crippen molar-refractivity contribution in [2.24, 2.45) is 0 Å². The molecule has 1 heterocycles. The summed E-state index contributed by atoms with van der Waals surface area (Å²) in [5, 5.41) is 9.40. The number of nitrogens with zero attached hydrogens (tertiary/aromatic N) is 2. The zero-order valence-corrected chi connectivity index (χ0v) is 10.4. The molecule has 0 fully saturated rings. The second-order valence-corrected chi connectivity index (χ2v) is 4.12. The van der Waals surface area contributed by atoms with E-state index in [1.165, 1.54) is 0 Å². The highest BCUT2D eigenvalue weighted by molar-refractivity contribution is 6.32. The van der Waals surface area contributed by atoms with Crippen LogP contribution in [0, 0.1) is 18.3 Å². The number of pyridine rings is 1. The van der Waals surface area contributed by atoms with Crippen molar-refractivity contribution in [1.29, 1.82) is 5.26 Å². The molecule has 2 N–H and O–H groups in total. The number of nitrogen functional groups attached to an aromatic ring is 1. The molecular weight excluding hydrogens is 250 g/mol. The second kappa shape index (κ2) is 4.94. The molecule has 0 aliphatic heterocycles. The number of benzene rings is 1. The first kappa shape index (κ1) is 12.2. The van der Waals surface area contributed by atoms with Crippen molar-refractivity contribution in [2.45, 2.75) is 6.92 Å². The van der Waals surface area contributed by atoms with E-state index in [0.29, 0.717) is 22.0 Å². The molecule has 1 aromatic carbocycles. The third-order valence-corrected chi connectivity index (χ3v) is 2.59. The lowest BCUT2D eigenvalue weighted by Gasteiger charge is -2.09. The predicted octanol–water partition coefficient (Wildman–Crippen LogP) is 3.29. The van der Waals surface area contributed by atoms with Crippen molar-refractivity contribution < 1.29 is 4.74 Å². The lowest BCUT2D eigenvalue weighted by molar-refractivity contribution is 0.460. The van der Waals surface area contributed by atoms with Crippen LogP contribution in [-0.4, -0.2) is 4.98 Å². The standard InChI is InChI=1S/C13H10ClN3O/c1-8-2-3-9(7-15)13(17-8)18-12-6-10(16)4-5-11(12)14/h2-6H,16H2,1H3. The first-order chi connectivity index (χ1) is 8.60. The van der Waals surface area contributed by atoms with Crippen LogP contribution in [0.4, 0.5) is 5.69 Å². The van der Waals surface area contributed by atoms with Gasteiger partial charge in [-0.05, 0) is 31.2 Å². The minimum absolute atomic E-state index is 0.227. The summed E-state index contributed by atoms with van der Waals surface area (Å²) in [7, 11) is 0. The zero-order chi connectivity index (χ0) is 13.1. The van der Waals surface area contributed by atoms with Crippen LogP contribution < -0.4 is 10.5 Å². The number of hydrogen-bond acceptors (Lipinski definition) is 4. The van der Waals surface area contributed by atoms with Gasteiger partial charge in [0.2, 0.25) is 5.88 Å². The van der Waals surface area contributed by atoms with E-state index in [-0.39, 0.29) is 5.88 Å². The average molecular weight is 260 g/mol. The summed E-state index contributed by atoms with van der Waals surface area (Å²) in [6.45, 7) is 1.81. The van der Waals surface area contributed by atoms with Crippen LogP contribution in [0.2, 0.25) is 5.02 Å². The van der Waals surface area contributed by atoms with Gasteiger partial charge >= 0.3 is 0 Å². The van der Waals surface area contributed by atoms with Gasteiger partial charge in [-0.3, -0.25) is 0 Å². The van der Waals surface area contributed by atoms with Crippen LogP contribution in [0.1, 0.15) is 11.3 Å². The van der Waals surface area contributed by atoms with E-state index < -0.39 is 0 Å². The fraction of sp³-hybridized carbons (Fsp3) is 0.0769. The number of rotatable bonds is 2. The summed E-state index contributed by atoms with van der Waals surface area (Å²) in [5.74, 6) is 0.608. The second-order valence-electron chi connectivity index (χ2n) is 3.71. The zero-order valence-electron chi connectivity index (χ0n) is 9.64. The molecule has 0 unspecified atom stereocenters. The highest BCUT2D eigenvalue weighted by Crippen LogP contribution is 2.31. The molecule has 90 valence electrons.